The molecule has 0 aliphatic carbocycles. The van der Waals surface area contributed by atoms with Gasteiger partial charge in [0.15, 0.2) is 5.58 Å². The molecule has 0 bridgehead atoms. The molecule has 0 unspecified atom stereocenters. The van der Waals surface area contributed by atoms with Gasteiger partial charge in [-0.25, -0.2) is 10.4 Å². The van der Waals surface area contributed by atoms with E-state index in [0.29, 0.717) is 17.4 Å². The van der Waals surface area contributed by atoms with Gasteiger partial charge in [-0.3, -0.25) is 4.79 Å². The molecule has 0 aliphatic heterocycles. The number of aromatic nitrogens is 1. The zero-order chi connectivity index (χ0) is 23.2. The molecule has 0 atom stereocenters. The highest BCUT2D eigenvalue weighted by Crippen LogP contribution is 2.29. The first-order valence-corrected chi connectivity index (χ1v) is 13.1. The molecule has 6 nitrogen and oxygen atoms in total. The second-order valence-electron chi connectivity index (χ2n) is 7.12. The zero-order valence-corrected chi connectivity index (χ0v) is 22.7. The standard InChI is InChI=1S/C24H19I2N3O3S/c1-15-6-8-16(9-7-15)13-31-23-18(25)10-17(11-19(23)26)12-27-29-22(30)14-33-24-28-20-4-2-3-5-21(20)32-24/h2-12H,13-14H2,1H3,(H,29,30)/b27-12-. The normalized spacial score (nSPS) is 11.2. The minimum absolute atomic E-state index is 0.158. The maximum atomic E-state index is 12.1. The number of nitrogens with one attached hydrogen (secondary N) is 1. The minimum Gasteiger partial charge on any atom is -0.487 e. The molecule has 4 aromatic rings. The van der Waals surface area contributed by atoms with E-state index in [1.54, 1.807) is 6.21 Å². The van der Waals surface area contributed by atoms with Crippen molar-refractivity contribution in [1.29, 1.82) is 0 Å². The summed E-state index contributed by atoms with van der Waals surface area (Å²) in [6, 6.07) is 19.7. The lowest BCUT2D eigenvalue weighted by molar-refractivity contribution is -0.118. The minimum atomic E-state index is -0.235. The van der Waals surface area contributed by atoms with Crippen molar-refractivity contribution in [3.05, 3.63) is 84.5 Å². The van der Waals surface area contributed by atoms with Crippen LogP contribution in [-0.4, -0.2) is 22.9 Å². The highest BCUT2D eigenvalue weighted by Gasteiger charge is 2.10. The van der Waals surface area contributed by atoms with Crippen molar-refractivity contribution in [3.8, 4) is 5.75 Å². The average Bonchev–Trinajstić information content (AvgIpc) is 3.21. The Morgan fingerprint density at radius 3 is 2.61 bits per heavy atom. The molecule has 1 aromatic heterocycles. The summed E-state index contributed by atoms with van der Waals surface area (Å²) in [5.41, 5.74) is 7.24. The number of hydrogen-bond donors (Lipinski definition) is 1. The Morgan fingerprint density at radius 1 is 1.15 bits per heavy atom. The lowest BCUT2D eigenvalue weighted by atomic mass is 10.2. The maximum absolute atomic E-state index is 12.1. The SMILES string of the molecule is Cc1ccc(COc2c(I)cc(/C=N\NC(=O)CSc3nc4ccccc4o3)cc2I)cc1. The second kappa shape index (κ2) is 11.3. The van der Waals surface area contributed by atoms with E-state index >= 15 is 0 Å². The molecule has 1 amide bonds. The fourth-order valence-electron chi connectivity index (χ4n) is 2.88. The van der Waals surface area contributed by atoms with E-state index in [2.05, 4.69) is 91.9 Å². The Kier molecular flexibility index (Phi) is 8.25. The Bertz CT molecular complexity index is 1250. The number of nitrogens with zero attached hydrogens (tertiary/aromatic N) is 2. The molecule has 1 heterocycles. The van der Waals surface area contributed by atoms with Gasteiger partial charge in [-0.1, -0.05) is 53.7 Å². The first-order chi connectivity index (χ1) is 16.0. The van der Waals surface area contributed by atoms with Gasteiger partial charge in [0.1, 0.15) is 17.9 Å². The lowest BCUT2D eigenvalue weighted by Gasteiger charge is -2.11. The summed E-state index contributed by atoms with van der Waals surface area (Å²) < 4.78 is 13.6. The van der Waals surface area contributed by atoms with Crippen LogP contribution in [-0.2, 0) is 11.4 Å². The summed E-state index contributed by atoms with van der Waals surface area (Å²) in [6.07, 6.45) is 1.62. The van der Waals surface area contributed by atoms with E-state index < -0.39 is 0 Å². The number of oxazole rings is 1. The van der Waals surface area contributed by atoms with Crippen molar-refractivity contribution >= 4 is 80.2 Å². The van der Waals surface area contributed by atoms with Crippen LogP contribution in [0.5, 0.6) is 5.75 Å². The Morgan fingerprint density at radius 2 is 1.88 bits per heavy atom. The number of thioether (sulfide) groups is 1. The molecule has 0 spiro atoms. The third-order valence-corrected chi connectivity index (χ3v) is 6.96. The number of fused-ring (bicyclic) bond motifs is 1. The molecular weight excluding hydrogens is 664 g/mol. The van der Waals surface area contributed by atoms with Gasteiger partial charge < -0.3 is 9.15 Å². The molecule has 0 saturated carbocycles. The van der Waals surface area contributed by atoms with Crippen LogP contribution in [0.4, 0.5) is 0 Å². The van der Waals surface area contributed by atoms with Crippen LogP contribution < -0.4 is 10.2 Å². The van der Waals surface area contributed by atoms with Crippen molar-refractivity contribution in [2.45, 2.75) is 18.8 Å². The fraction of sp³-hybridized carbons (Fsp3) is 0.125. The summed E-state index contributed by atoms with van der Waals surface area (Å²) in [7, 11) is 0. The number of carbonyl (C=O) groups is 1. The fourth-order valence-corrected chi connectivity index (χ4v) is 5.64. The molecule has 33 heavy (non-hydrogen) atoms. The monoisotopic (exact) mass is 683 g/mol. The molecule has 1 N–H and O–H groups in total. The Hall–Kier alpha value is -2.12. The van der Waals surface area contributed by atoms with Gasteiger partial charge in [-0.05, 0) is 87.5 Å². The highest BCUT2D eigenvalue weighted by molar-refractivity contribution is 14.1. The van der Waals surface area contributed by atoms with Gasteiger partial charge in [0, 0.05) is 0 Å². The van der Waals surface area contributed by atoms with Crippen LogP contribution in [0.3, 0.4) is 0 Å². The molecule has 0 radical (unpaired) electrons. The van der Waals surface area contributed by atoms with Crippen LogP contribution in [0.1, 0.15) is 16.7 Å². The number of aryl methyl sites for hydroxylation is 1. The van der Waals surface area contributed by atoms with Gasteiger partial charge in [-0.2, -0.15) is 5.10 Å². The predicted molar refractivity (Wildman–Crippen MR) is 148 cm³/mol. The van der Waals surface area contributed by atoms with Crippen LogP contribution in [0.25, 0.3) is 11.1 Å². The topological polar surface area (TPSA) is 76.7 Å². The largest absolute Gasteiger partial charge is 0.487 e. The number of halogens is 2. The molecule has 9 heteroatoms. The average molecular weight is 683 g/mol. The summed E-state index contributed by atoms with van der Waals surface area (Å²) in [5, 5.41) is 4.53. The summed E-state index contributed by atoms with van der Waals surface area (Å²) >= 11 is 5.73. The summed E-state index contributed by atoms with van der Waals surface area (Å²) in [6.45, 7) is 2.57. The van der Waals surface area contributed by atoms with Crippen molar-refractivity contribution in [2.24, 2.45) is 5.10 Å². The number of carbonyl (C=O) groups excluding carboxylic acids is 1. The van der Waals surface area contributed by atoms with E-state index in [0.717, 1.165) is 29.5 Å². The Balaban J connectivity index is 1.30. The van der Waals surface area contributed by atoms with Crippen LogP contribution >= 0.6 is 56.9 Å². The molecule has 3 aromatic carbocycles. The number of para-hydroxylation sites is 2. The number of rotatable bonds is 8. The first kappa shape index (κ1) is 24.0. The van der Waals surface area contributed by atoms with Crippen molar-refractivity contribution in [2.75, 3.05) is 5.75 Å². The second-order valence-corrected chi connectivity index (χ2v) is 10.4. The Labute approximate surface area is 222 Å². The number of amides is 1. The zero-order valence-electron chi connectivity index (χ0n) is 17.5. The van der Waals surface area contributed by atoms with E-state index in [9.17, 15) is 4.79 Å². The third-order valence-electron chi connectivity index (χ3n) is 4.53. The molecule has 0 aliphatic rings. The van der Waals surface area contributed by atoms with E-state index in [1.807, 2.05) is 36.4 Å². The number of hydrogen-bond acceptors (Lipinski definition) is 6. The summed E-state index contributed by atoms with van der Waals surface area (Å²) in [5.74, 6) is 0.763. The van der Waals surface area contributed by atoms with Crippen molar-refractivity contribution < 1.29 is 13.9 Å². The van der Waals surface area contributed by atoms with Crippen LogP contribution in [0.15, 0.2) is 75.4 Å². The molecular formula is C24H19I2N3O3S. The molecule has 0 saturated heterocycles. The van der Waals surface area contributed by atoms with Gasteiger partial charge in [-0.15, -0.1) is 0 Å². The first-order valence-electron chi connectivity index (χ1n) is 9.95. The number of benzene rings is 3. The molecule has 0 fully saturated rings. The number of ether oxygens (including phenoxy) is 1. The van der Waals surface area contributed by atoms with E-state index in [-0.39, 0.29) is 11.7 Å². The number of hydrazone groups is 1. The quantitative estimate of drug-likeness (QED) is 0.104. The smallest absolute Gasteiger partial charge is 0.257 e. The third kappa shape index (κ3) is 6.70. The van der Waals surface area contributed by atoms with Gasteiger partial charge in [0.05, 0.1) is 19.1 Å². The van der Waals surface area contributed by atoms with Gasteiger partial charge in [0.25, 0.3) is 11.1 Å². The highest BCUT2D eigenvalue weighted by atomic mass is 127. The summed E-state index contributed by atoms with van der Waals surface area (Å²) in [4.78, 5) is 16.5. The molecule has 4 rings (SSSR count). The van der Waals surface area contributed by atoms with Crippen molar-refractivity contribution in [1.82, 2.24) is 10.4 Å². The van der Waals surface area contributed by atoms with E-state index in [1.165, 1.54) is 17.3 Å². The predicted octanol–water partition coefficient (Wildman–Crippen LogP) is 6.17. The van der Waals surface area contributed by atoms with Crippen LogP contribution in [0, 0.1) is 14.1 Å². The lowest BCUT2D eigenvalue weighted by Crippen LogP contribution is -2.19. The van der Waals surface area contributed by atoms with Crippen molar-refractivity contribution in [3.63, 3.8) is 0 Å². The van der Waals surface area contributed by atoms with Crippen LogP contribution in [0.2, 0.25) is 0 Å². The van der Waals surface area contributed by atoms with Gasteiger partial charge >= 0.3 is 0 Å². The van der Waals surface area contributed by atoms with E-state index in [4.69, 9.17) is 9.15 Å². The molecule has 168 valence electrons. The maximum Gasteiger partial charge on any atom is 0.257 e. The van der Waals surface area contributed by atoms with Gasteiger partial charge in [0.2, 0.25) is 0 Å².